The summed E-state index contributed by atoms with van der Waals surface area (Å²) in [5.41, 5.74) is 6.41. The monoisotopic (exact) mass is 584 g/mol. The lowest BCUT2D eigenvalue weighted by molar-refractivity contribution is 0.576. The molecule has 0 unspecified atom stereocenters. The lowest BCUT2D eigenvalue weighted by Gasteiger charge is -2.16. The van der Waals surface area contributed by atoms with E-state index in [9.17, 15) is 0 Å². The Morgan fingerprint density at radius 2 is 0.891 bits per heavy atom. The van der Waals surface area contributed by atoms with Crippen molar-refractivity contribution >= 4 is 87.8 Å². The molecule has 46 heavy (non-hydrogen) atoms. The molecule has 1 heterocycles. The third kappa shape index (κ3) is 3.29. The summed E-state index contributed by atoms with van der Waals surface area (Å²) in [6, 6.07) is 44.9. The molecule has 214 valence electrons. The Morgan fingerprint density at radius 3 is 1.41 bits per heavy atom. The maximum absolute atomic E-state index is 6.83. The summed E-state index contributed by atoms with van der Waals surface area (Å²) in [5, 5.41) is 17.6. The van der Waals surface area contributed by atoms with Crippen LogP contribution in [-0.2, 0) is 0 Å². The van der Waals surface area contributed by atoms with Gasteiger partial charge in [0, 0.05) is 16.2 Å². The van der Waals surface area contributed by atoms with Crippen LogP contribution in [0.4, 0.5) is 0 Å². The van der Waals surface area contributed by atoms with Crippen molar-refractivity contribution in [2.75, 3.05) is 0 Å². The molecule has 0 saturated heterocycles. The smallest absolute Gasteiger partial charge is 0.143 e. The molecule has 0 aliphatic carbocycles. The Labute approximate surface area is 265 Å². The molecule has 0 spiro atoms. The van der Waals surface area contributed by atoms with Crippen LogP contribution in [0, 0.1) is 0 Å². The van der Waals surface area contributed by atoms with Crippen molar-refractivity contribution < 1.29 is 4.42 Å². The molecule has 10 rings (SSSR count). The predicted molar refractivity (Wildman–Crippen MR) is 199 cm³/mol. The molecule has 0 fully saturated rings. The van der Waals surface area contributed by atoms with Crippen LogP contribution in [0.1, 0.15) is 6.92 Å². The highest BCUT2D eigenvalue weighted by molar-refractivity contribution is 6.28. The topological polar surface area (TPSA) is 13.1 Å². The zero-order chi connectivity index (χ0) is 30.5. The minimum absolute atomic E-state index is 0.860. The second-order valence-electron chi connectivity index (χ2n) is 12.4. The van der Waals surface area contributed by atoms with Crippen LogP contribution in [0.25, 0.3) is 110 Å². The SMILES string of the molecule is C=C/C=c1\c(=C/C)oc2c(-c3ccc4ccc5cccc6ccc3c4c56)ccc(-c3ccc4ccc5cccc6ccc3c4c56)c12. The first-order chi connectivity index (χ1) is 22.7. The first-order valence-electron chi connectivity index (χ1n) is 15.9. The van der Waals surface area contributed by atoms with Gasteiger partial charge in [-0.15, -0.1) is 0 Å². The van der Waals surface area contributed by atoms with Crippen molar-refractivity contribution in [1.29, 1.82) is 0 Å². The molecule has 9 aromatic carbocycles. The molecule has 0 bridgehead atoms. The van der Waals surface area contributed by atoms with E-state index in [-0.39, 0.29) is 0 Å². The number of furan rings is 1. The van der Waals surface area contributed by atoms with Crippen LogP contribution < -0.4 is 10.6 Å². The summed E-state index contributed by atoms with van der Waals surface area (Å²) >= 11 is 0. The van der Waals surface area contributed by atoms with Crippen molar-refractivity contribution in [3.63, 3.8) is 0 Å². The highest BCUT2D eigenvalue weighted by atomic mass is 16.3. The van der Waals surface area contributed by atoms with Crippen LogP contribution in [0.3, 0.4) is 0 Å². The Morgan fingerprint density at radius 1 is 0.457 bits per heavy atom. The van der Waals surface area contributed by atoms with Gasteiger partial charge in [-0.05, 0) is 100 Å². The van der Waals surface area contributed by atoms with Gasteiger partial charge in [0.1, 0.15) is 11.0 Å². The summed E-state index contributed by atoms with van der Waals surface area (Å²) in [7, 11) is 0. The number of hydrogen-bond donors (Lipinski definition) is 0. The number of fused-ring (bicyclic) bond motifs is 1. The van der Waals surface area contributed by atoms with E-state index < -0.39 is 0 Å². The zero-order valence-corrected chi connectivity index (χ0v) is 25.4. The molecule has 0 radical (unpaired) electrons. The normalized spacial score (nSPS) is 13.2. The number of benzene rings is 9. The number of rotatable bonds is 3. The van der Waals surface area contributed by atoms with E-state index in [1.54, 1.807) is 0 Å². The molecule has 0 amide bonds. The minimum Gasteiger partial charge on any atom is -0.456 e. The van der Waals surface area contributed by atoms with Gasteiger partial charge in [-0.25, -0.2) is 0 Å². The standard InChI is InChI=1S/C45H28O/c1-3-7-38-39(4-2)46-45-37(33-21-17-31-15-13-27-9-6-11-29-19-23-35(33)43(31)41(27)29)25-24-36(44(38)45)32-20-16-30-14-12-26-8-5-10-28-18-22-34(32)42(30)40(26)28/h3-25H,1H2,2H3/b38-7+,39-4+. The summed E-state index contributed by atoms with van der Waals surface area (Å²) < 4.78 is 6.83. The molecule has 10 aromatic rings. The molecular formula is C45H28O. The Bertz CT molecular complexity index is 2960. The van der Waals surface area contributed by atoms with E-state index in [1.807, 2.05) is 13.0 Å². The van der Waals surface area contributed by atoms with Crippen LogP contribution in [-0.4, -0.2) is 0 Å². The fourth-order valence-electron chi connectivity index (χ4n) is 8.12. The van der Waals surface area contributed by atoms with Gasteiger partial charge in [0.25, 0.3) is 0 Å². The van der Waals surface area contributed by atoms with Crippen LogP contribution in [0.2, 0.25) is 0 Å². The first-order valence-corrected chi connectivity index (χ1v) is 15.9. The molecule has 0 saturated carbocycles. The molecule has 1 nitrogen and oxygen atoms in total. The molecular weight excluding hydrogens is 556 g/mol. The highest BCUT2D eigenvalue weighted by Crippen LogP contribution is 2.44. The second kappa shape index (κ2) is 9.30. The van der Waals surface area contributed by atoms with Gasteiger partial charge in [0.2, 0.25) is 0 Å². The second-order valence-corrected chi connectivity index (χ2v) is 12.4. The maximum atomic E-state index is 6.83. The van der Waals surface area contributed by atoms with Gasteiger partial charge >= 0.3 is 0 Å². The van der Waals surface area contributed by atoms with Gasteiger partial charge in [0.05, 0.1) is 0 Å². The van der Waals surface area contributed by atoms with Crippen molar-refractivity contribution in [1.82, 2.24) is 0 Å². The maximum Gasteiger partial charge on any atom is 0.143 e. The fourth-order valence-corrected chi connectivity index (χ4v) is 8.12. The van der Waals surface area contributed by atoms with Gasteiger partial charge in [-0.3, -0.25) is 0 Å². The van der Waals surface area contributed by atoms with E-state index >= 15 is 0 Å². The largest absolute Gasteiger partial charge is 0.456 e. The van der Waals surface area contributed by atoms with Crippen molar-refractivity contribution in [2.45, 2.75) is 6.92 Å². The average Bonchev–Trinajstić information content (AvgIpc) is 3.48. The van der Waals surface area contributed by atoms with Crippen LogP contribution in [0.5, 0.6) is 0 Å². The molecule has 1 heteroatoms. The van der Waals surface area contributed by atoms with E-state index in [1.165, 1.54) is 81.3 Å². The van der Waals surface area contributed by atoms with Crippen LogP contribution in [0.15, 0.2) is 138 Å². The van der Waals surface area contributed by atoms with Gasteiger partial charge in [-0.2, -0.15) is 0 Å². The van der Waals surface area contributed by atoms with E-state index in [2.05, 4.69) is 140 Å². The molecule has 0 N–H and O–H groups in total. The van der Waals surface area contributed by atoms with E-state index in [0.29, 0.717) is 0 Å². The Kier molecular flexibility index (Phi) is 5.13. The number of allylic oxidation sites excluding steroid dienone is 1. The Balaban J connectivity index is 1.34. The molecule has 0 aliphatic heterocycles. The van der Waals surface area contributed by atoms with Crippen molar-refractivity contribution in [3.05, 3.63) is 145 Å². The zero-order valence-electron chi connectivity index (χ0n) is 25.4. The van der Waals surface area contributed by atoms with Gasteiger partial charge in [-0.1, -0.05) is 134 Å². The van der Waals surface area contributed by atoms with E-state index in [4.69, 9.17) is 4.42 Å². The molecule has 1 aromatic heterocycles. The van der Waals surface area contributed by atoms with Crippen molar-refractivity contribution in [2.24, 2.45) is 0 Å². The first kappa shape index (κ1) is 25.4. The van der Waals surface area contributed by atoms with Gasteiger partial charge in [0.15, 0.2) is 0 Å². The summed E-state index contributed by atoms with van der Waals surface area (Å²) in [6.07, 6.45) is 6.03. The summed E-state index contributed by atoms with van der Waals surface area (Å²) in [4.78, 5) is 0. The summed E-state index contributed by atoms with van der Waals surface area (Å²) in [5.74, 6) is 0. The third-order valence-corrected chi connectivity index (χ3v) is 10.1. The molecule has 0 aliphatic rings. The lowest BCUT2D eigenvalue weighted by atomic mass is 9.86. The molecule has 0 atom stereocenters. The fraction of sp³-hybridized carbons (Fsp3) is 0.0222. The predicted octanol–water partition coefficient (Wildman–Crippen LogP) is 11.3. The van der Waals surface area contributed by atoms with E-state index in [0.717, 1.165) is 27.2 Å². The minimum atomic E-state index is 0.860. The highest BCUT2D eigenvalue weighted by Gasteiger charge is 2.20. The summed E-state index contributed by atoms with van der Waals surface area (Å²) in [6.45, 7) is 6.13. The third-order valence-electron chi connectivity index (χ3n) is 10.1. The lowest BCUT2D eigenvalue weighted by Crippen LogP contribution is -2.19. The van der Waals surface area contributed by atoms with Crippen molar-refractivity contribution in [3.8, 4) is 22.3 Å². The van der Waals surface area contributed by atoms with Crippen LogP contribution >= 0.6 is 0 Å². The quantitative estimate of drug-likeness (QED) is 0.188. The van der Waals surface area contributed by atoms with Gasteiger partial charge < -0.3 is 4.42 Å². The Hall–Kier alpha value is -5.92. The average molecular weight is 585 g/mol. The number of hydrogen-bond acceptors (Lipinski definition) is 1.